The summed E-state index contributed by atoms with van der Waals surface area (Å²) in [6.45, 7) is 4.24. The first kappa shape index (κ1) is 29.8. The predicted molar refractivity (Wildman–Crippen MR) is 139 cm³/mol. The minimum absolute atomic E-state index is 0.0996. The van der Waals surface area contributed by atoms with Crippen LogP contribution in [0.2, 0.25) is 0 Å². The Kier molecular flexibility index (Phi) is 10.2. The first-order chi connectivity index (χ1) is 18.5. The van der Waals surface area contributed by atoms with Crippen molar-refractivity contribution in [3.8, 4) is 5.75 Å². The van der Waals surface area contributed by atoms with Crippen LogP contribution in [0.4, 0.5) is 24.5 Å². The molecular formula is C27H32F3N3O6. The Balaban J connectivity index is 0.000000532. The molecule has 2 aromatic rings. The van der Waals surface area contributed by atoms with Gasteiger partial charge in [-0.05, 0) is 81.2 Å². The van der Waals surface area contributed by atoms with E-state index in [9.17, 15) is 27.9 Å². The highest BCUT2D eigenvalue weighted by Crippen LogP contribution is 2.28. The number of hydrogen-bond donors (Lipinski definition) is 3. The largest absolute Gasteiger partial charge is 0.497 e. The van der Waals surface area contributed by atoms with Gasteiger partial charge in [-0.1, -0.05) is 6.42 Å². The summed E-state index contributed by atoms with van der Waals surface area (Å²) < 4.78 is 36.8. The third kappa shape index (κ3) is 8.34. The summed E-state index contributed by atoms with van der Waals surface area (Å²) in [5, 5.41) is 19.6. The van der Waals surface area contributed by atoms with Gasteiger partial charge in [-0.3, -0.25) is 4.79 Å². The van der Waals surface area contributed by atoms with E-state index in [0.717, 1.165) is 31.6 Å². The van der Waals surface area contributed by atoms with Gasteiger partial charge in [0.2, 0.25) is 0 Å². The quantitative estimate of drug-likeness (QED) is 0.471. The number of amides is 1. The molecule has 4 rings (SSSR count). The average molecular weight is 552 g/mol. The first-order valence-corrected chi connectivity index (χ1v) is 12.6. The van der Waals surface area contributed by atoms with E-state index in [-0.39, 0.29) is 11.5 Å². The molecule has 0 aromatic heterocycles. The Bertz CT molecular complexity index is 1140. The second-order valence-electron chi connectivity index (χ2n) is 9.34. The highest BCUT2D eigenvalue weighted by Gasteiger charge is 2.38. The summed E-state index contributed by atoms with van der Waals surface area (Å²) in [6.07, 6.45) is 1.04. The van der Waals surface area contributed by atoms with Crippen molar-refractivity contribution in [1.82, 2.24) is 4.90 Å². The van der Waals surface area contributed by atoms with E-state index in [2.05, 4.69) is 15.1 Å². The molecular weight excluding hydrogens is 519 g/mol. The molecule has 0 unspecified atom stereocenters. The zero-order valence-corrected chi connectivity index (χ0v) is 21.5. The van der Waals surface area contributed by atoms with Gasteiger partial charge in [0.15, 0.2) is 0 Å². The lowest BCUT2D eigenvalue weighted by Gasteiger charge is -2.41. The number of carboxylic acid groups (broad SMARTS) is 2. The number of ether oxygens (including phenoxy) is 1. The lowest BCUT2D eigenvalue weighted by molar-refractivity contribution is -0.192. The van der Waals surface area contributed by atoms with Crippen molar-refractivity contribution in [3.63, 3.8) is 0 Å². The van der Waals surface area contributed by atoms with Crippen molar-refractivity contribution >= 4 is 29.2 Å². The highest BCUT2D eigenvalue weighted by atomic mass is 19.4. The summed E-state index contributed by atoms with van der Waals surface area (Å²) in [5.41, 5.74) is 1.72. The maximum atomic E-state index is 12.6. The van der Waals surface area contributed by atoms with Crippen molar-refractivity contribution in [2.75, 3.05) is 43.5 Å². The molecule has 2 aromatic carbocycles. The highest BCUT2D eigenvalue weighted by molar-refractivity contribution is 6.08. The number of nitrogens with one attached hydrogen (secondary N) is 1. The molecule has 2 heterocycles. The van der Waals surface area contributed by atoms with E-state index in [0.29, 0.717) is 23.0 Å². The maximum absolute atomic E-state index is 12.6. The van der Waals surface area contributed by atoms with Gasteiger partial charge in [-0.2, -0.15) is 13.2 Å². The fourth-order valence-electron chi connectivity index (χ4n) is 4.72. The lowest BCUT2D eigenvalue weighted by Crippen LogP contribution is -2.46. The second-order valence-corrected chi connectivity index (χ2v) is 9.34. The molecule has 0 aliphatic carbocycles. The molecule has 2 saturated heterocycles. The first-order valence-electron chi connectivity index (χ1n) is 12.6. The summed E-state index contributed by atoms with van der Waals surface area (Å²) in [5.74, 6) is -3.51. The molecule has 3 N–H and O–H groups in total. The molecule has 12 heteroatoms. The van der Waals surface area contributed by atoms with Gasteiger partial charge in [0.25, 0.3) is 5.91 Å². The zero-order valence-electron chi connectivity index (χ0n) is 21.5. The number of likely N-dealkylation sites (tertiary alicyclic amines) is 1. The molecule has 1 amide bonds. The number of piperidine rings is 2. The number of halogens is 3. The number of carbonyl (C=O) groups excluding carboxylic acids is 1. The standard InChI is InChI=1S/C25H31N3O4.C2HF3O2/c1-32-21-8-5-18(6-9-21)24(29)26-23-10-7-20(17-22(23)25(30)31)28-15-11-19(12-16-28)27-13-3-2-4-14-27;3-2(4,5)1(6)7/h5-10,17,19H,2-4,11-16H2,1H3,(H,26,29)(H,30,31);(H,6,7). The monoisotopic (exact) mass is 551 g/mol. The summed E-state index contributed by atoms with van der Waals surface area (Å²) in [7, 11) is 1.56. The predicted octanol–water partition coefficient (Wildman–Crippen LogP) is 4.73. The number of carboxylic acids is 2. The van der Waals surface area contributed by atoms with Gasteiger partial charge < -0.3 is 30.1 Å². The van der Waals surface area contributed by atoms with E-state index in [1.807, 2.05) is 6.07 Å². The van der Waals surface area contributed by atoms with Gasteiger partial charge in [-0.15, -0.1) is 0 Å². The minimum Gasteiger partial charge on any atom is -0.497 e. The molecule has 2 aliphatic rings. The lowest BCUT2D eigenvalue weighted by atomic mass is 9.99. The van der Waals surface area contributed by atoms with Crippen LogP contribution in [-0.2, 0) is 4.79 Å². The fraction of sp³-hybridized carbons (Fsp3) is 0.444. The third-order valence-corrected chi connectivity index (χ3v) is 6.81. The van der Waals surface area contributed by atoms with E-state index >= 15 is 0 Å². The van der Waals surface area contributed by atoms with Crippen LogP contribution < -0.4 is 15.0 Å². The molecule has 0 radical (unpaired) electrons. The van der Waals surface area contributed by atoms with Gasteiger partial charge in [0.05, 0.1) is 18.4 Å². The van der Waals surface area contributed by atoms with Crippen molar-refractivity contribution < 1.29 is 42.5 Å². The van der Waals surface area contributed by atoms with Crippen molar-refractivity contribution in [1.29, 1.82) is 0 Å². The minimum atomic E-state index is -5.08. The Morgan fingerprint density at radius 2 is 1.51 bits per heavy atom. The molecule has 0 atom stereocenters. The molecule has 0 spiro atoms. The van der Waals surface area contributed by atoms with E-state index < -0.39 is 18.1 Å². The molecule has 9 nitrogen and oxygen atoms in total. The number of nitrogens with zero attached hydrogens (tertiary/aromatic N) is 2. The summed E-state index contributed by atoms with van der Waals surface area (Å²) in [4.78, 5) is 38.3. The van der Waals surface area contributed by atoms with Gasteiger partial charge in [0.1, 0.15) is 5.75 Å². The Morgan fingerprint density at radius 3 is 2.03 bits per heavy atom. The second kappa shape index (κ2) is 13.3. The number of methoxy groups -OCH3 is 1. The zero-order chi connectivity index (χ0) is 28.6. The van der Waals surface area contributed by atoms with Crippen molar-refractivity contribution in [2.45, 2.75) is 44.3 Å². The van der Waals surface area contributed by atoms with E-state index in [1.165, 1.54) is 32.4 Å². The van der Waals surface area contributed by atoms with Crippen LogP contribution >= 0.6 is 0 Å². The molecule has 0 saturated carbocycles. The van der Waals surface area contributed by atoms with Crippen LogP contribution in [0.25, 0.3) is 0 Å². The Labute approximate surface area is 224 Å². The van der Waals surface area contributed by atoms with Crippen LogP contribution in [0.3, 0.4) is 0 Å². The fourth-order valence-corrected chi connectivity index (χ4v) is 4.72. The number of benzene rings is 2. The van der Waals surface area contributed by atoms with Gasteiger partial charge in [-0.25, -0.2) is 9.59 Å². The van der Waals surface area contributed by atoms with Crippen LogP contribution in [0.1, 0.15) is 52.8 Å². The SMILES string of the molecule is COc1ccc(C(=O)Nc2ccc(N3CCC(N4CCCCC4)CC3)cc2C(=O)O)cc1.O=C(O)C(F)(F)F. The number of alkyl halides is 3. The molecule has 2 fully saturated rings. The van der Waals surface area contributed by atoms with Crippen LogP contribution in [-0.4, -0.2) is 78.5 Å². The molecule has 212 valence electrons. The number of carbonyl (C=O) groups is 3. The molecule has 39 heavy (non-hydrogen) atoms. The van der Waals surface area contributed by atoms with Crippen molar-refractivity contribution in [2.24, 2.45) is 0 Å². The normalized spacial score (nSPS) is 16.6. The molecule has 0 bridgehead atoms. The van der Waals surface area contributed by atoms with Crippen LogP contribution in [0.5, 0.6) is 5.75 Å². The Morgan fingerprint density at radius 1 is 0.923 bits per heavy atom. The third-order valence-electron chi connectivity index (χ3n) is 6.81. The number of aliphatic carboxylic acids is 1. The van der Waals surface area contributed by atoms with Crippen LogP contribution in [0.15, 0.2) is 42.5 Å². The van der Waals surface area contributed by atoms with Crippen molar-refractivity contribution in [3.05, 3.63) is 53.6 Å². The number of aromatic carboxylic acids is 1. The van der Waals surface area contributed by atoms with E-state index in [1.54, 1.807) is 43.5 Å². The summed E-state index contributed by atoms with van der Waals surface area (Å²) in [6, 6.07) is 12.6. The summed E-state index contributed by atoms with van der Waals surface area (Å²) >= 11 is 0. The number of rotatable bonds is 6. The number of anilines is 2. The maximum Gasteiger partial charge on any atom is 0.490 e. The van der Waals surface area contributed by atoms with Crippen LogP contribution in [0, 0.1) is 0 Å². The topological polar surface area (TPSA) is 119 Å². The van der Waals surface area contributed by atoms with E-state index in [4.69, 9.17) is 14.6 Å². The van der Waals surface area contributed by atoms with Gasteiger partial charge >= 0.3 is 18.1 Å². The smallest absolute Gasteiger partial charge is 0.490 e. The van der Waals surface area contributed by atoms with Gasteiger partial charge in [0, 0.05) is 30.4 Å². The Hall–Kier alpha value is -3.80. The number of hydrogen-bond acceptors (Lipinski definition) is 6. The molecule has 2 aliphatic heterocycles. The average Bonchev–Trinajstić information content (AvgIpc) is 2.93.